The van der Waals surface area contributed by atoms with E-state index in [0.717, 1.165) is 19.6 Å². The molecular weight excluding hydrogens is 368 g/mol. The van der Waals surface area contributed by atoms with Crippen LogP contribution in [0.3, 0.4) is 0 Å². The summed E-state index contributed by atoms with van der Waals surface area (Å²) in [6.45, 7) is 4.41. The summed E-state index contributed by atoms with van der Waals surface area (Å²) < 4.78 is 19.3. The fourth-order valence-electron chi connectivity index (χ4n) is 2.78. The van der Waals surface area contributed by atoms with E-state index in [0.29, 0.717) is 30.1 Å². The number of carbonyl (C=O) groups excluding carboxylic acids is 1. The van der Waals surface area contributed by atoms with E-state index in [9.17, 15) is 9.18 Å². The quantitative estimate of drug-likeness (QED) is 0.872. The van der Waals surface area contributed by atoms with E-state index in [4.69, 9.17) is 4.42 Å². The van der Waals surface area contributed by atoms with Crippen molar-refractivity contribution in [1.29, 1.82) is 0 Å². The number of nitrogens with zero attached hydrogens (tertiary/aromatic N) is 2. The van der Waals surface area contributed by atoms with Gasteiger partial charge in [-0.1, -0.05) is 12.1 Å². The predicted molar refractivity (Wildman–Crippen MR) is 98.8 cm³/mol. The third kappa shape index (κ3) is 5.17. The van der Waals surface area contributed by atoms with Gasteiger partial charge in [0.2, 0.25) is 5.91 Å². The number of oxazole rings is 1. The van der Waals surface area contributed by atoms with Crippen LogP contribution in [-0.2, 0) is 11.2 Å². The maximum absolute atomic E-state index is 13.7. The number of carbonyl (C=O) groups is 1. The highest BCUT2D eigenvalue weighted by molar-refractivity contribution is 5.85. The van der Waals surface area contributed by atoms with E-state index in [1.165, 1.54) is 12.3 Å². The lowest BCUT2D eigenvalue weighted by Gasteiger charge is -2.34. The standard InChI is InChI=1S/C17H20FN3O2.2ClH/c1-12-10-19-8-9-21(12)17(22)7-6-16-20-11-15(23-16)13-4-2-3-5-14(13)18;;/h2-5,11-12,19H,6-10H2,1H3;2*1H. The average molecular weight is 390 g/mol. The summed E-state index contributed by atoms with van der Waals surface area (Å²) in [6, 6.07) is 6.61. The molecule has 25 heavy (non-hydrogen) atoms. The molecule has 138 valence electrons. The molecule has 1 fully saturated rings. The minimum atomic E-state index is -0.346. The fraction of sp³-hybridized carbons (Fsp3) is 0.412. The monoisotopic (exact) mass is 389 g/mol. The third-order valence-corrected chi connectivity index (χ3v) is 4.07. The van der Waals surface area contributed by atoms with Crippen molar-refractivity contribution >= 4 is 30.7 Å². The summed E-state index contributed by atoms with van der Waals surface area (Å²) in [5.41, 5.74) is 0.383. The van der Waals surface area contributed by atoms with Crippen LogP contribution in [0, 0.1) is 5.82 Å². The number of aromatic nitrogens is 1. The number of piperazine rings is 1. The van der Waals surface area contributed by atoms with E-state index in [-0.39, 0.29) is 42.6 Å². The normalized spacial score (nSPS) is 16.7. The molecule has 3 rings (SSSR count). The summed E-state index contributed by atoms with van der Waals surface area (Å²) in [4.78, 5) is 18.3. The van der Waals surface area contributed by atoms with Crippen molar-refractivity contribution in [3.8, 4) is 11.3 Å². The average Bonchev–Trinajstić information content (AvgIpc) is 3.02. The van der Waals surface area contributed by atoms with Crippen LogP contribution in [0.1, 0.15) is 19.2 Å². The van der Waals surface area contributed by atoms with Gasteiger partial charge in [-0.05, 0) is 19.1 Å². The van der Waals surface area contributed by atoms with Crippen LogP contribution in [0.25, 0.3) is 11.3 Å². The highest BCUT2D eigenvalue weighted by Gasteiger charge is 2.23. The van der Waals surface area contributed by atoms with Gasteiger partial charge in [-0.2, -0.15) is 0 Å². The largest absolute Gasteiger partial charge is 0.441 e. The van der Waals surface area contributed by atoms with Crippen molar-refractivity contribution in [2.75, 3.05) is 19.6 Å². The lowest BCUT2D eigenvalue weighted by Crippen LogP contribution is -2.52. The Morgan fingerprint density at radius 3 is 2.88 bits per heavy atom. The lowest BCUT2D eigenvalue weighted by molar-refractivity contribution is -0.134. The Morgan fingerprint density at radius 1 is 1.40 bits per heavy atom. The summed E-state index contributed by atoms with van der Waals surface area (Å²) >= 11 is 0. The smallest absolute Gasteiger partial charge is 0.223 e. The van der Waals surface area contributed by atoms with E-state index >= 15 is 0 Å². The van der Waals surface area contributed by atoms with Crippen LogP contribution in [0.4, 0.5) is 4.39 Å². The number of hydrogen-bond acceptors (Lipinski definition) is 4. The molecule has 0 aliphatic carbocycles. The zero-order valence-corrected chi connectivity index (χ0v) is 15.5. The molecule has 1 aromatic carbocycles. The fourth-order valence-corrected chi connectivity index (χ4v) is 2.78. The van der Waals surface area contributed by atoms with Gasteiger partial charge < -0.3 is 14.6 Å². The van der Waals surface area contributed by atoms with Gasteiger partial charge in [0, 0.05) is 38.5 Å². The van der Waals surface area contributed by atoms with Gasteiger partial charge in [0.05, 0.1) is 11.8 Å². The number of nitrogens with one attached hydrogen (secondary N) is 1. The highest BCUT2D eigenvalue weighted by atomic mass is 35.5. The zero-order valence-electron chi connectivity index (χ0n) is 13.9. The molecule has 1 unspecified atom stereocenters. The van der Waals surface area contributed by atoms with Gasteiger partial charge in [-0.3, -0.25) is 4.79 Å². The number of amides is 1. The molecule has 1 aliphatic heterocycles. The molecule has 2 aromatic rings. The third-order valence-electron chi connectivity index (χ3n) is 4.07. The molecule has 1 amide bonds. The molecule has 1 saturated heterocycles. The van der Waals surface area contributed by atoms with Crippen LogP contribution in [-0.4, -0.2) is 41.5 Å². The minimum absolute atomic E-state index is 0. The Hall–Kier alpha value is -1.63. The molecular formula is C17H22Cl2FN3O2. The summed E-state index contributed by atoms with van der Waals surface area (Å²) in [6.07, 6.45) is 2.27. The van der Waals surface area contributed by atoms with E-state index in [2.05, 4.69) is 10.3 Å². The van der Waals surface area contributed by atoms with Crippen molar-refractivity contribution < 1.29 is 13.6 Å². The molecule has 1 N–H and O–H groups in total. The van der Waals surface area contributed by atoms with Crippen molar-refractivity contribution in [3.63, 3.8) is 0 Å². The molecule has 0 bridgehead atoms. The first kappa shape index (κ1) is 21.4. The van der Waals surface area contributed by atoms with Crippen molar-refractivity contribution in [2.45, 2.75) is 25.8 Å². The number of hydrogen-bond donors (Lipinski definition) is 1. The number of halogens is 3. The van der Waals surface area contributed by atoms with E-state index in [1.807, 2.05) is 11.8 Å². The van der Waals surface area contributed by atoms with E-state index < -0.39 is 0 Å². The van der Waals surface area contributed by atoms with Gasteiger partial charge in [-0.25, -0.2) is 9.37 Å². The number of benzene rings is 1. The predicted octanol–water partition coefficient (Wildman–Crippen LogP) is 3.08. The Morgan fingerprint density at radius 2 is 2.16 bits per heavy atom. The van der Waals surface area contributed by atoms with Crippen LogP contribution in [0.15, 0.2) is 34.9 Å². The summed E-state index contributed by atoms with van der Waals surface area (Å²) in [5, 5.41) is 3.26. The van der Waals surface area contributed by atoms with E-state index in [1.54, 1.807) is 18.2 Å². The Labute approximate surface area is 158 Å². The van der Waals surface area contributed by atoms with Gasteiger partial charge in [0.15, 0.2) is 11.7 Å². The molecule has 5 nitrogen and oxygen atoms in total. The van der Waals surface area contributed by atoms with Gasteiger partial charge in [0.1, 0.15) is 5.82 Å². The van der Waals surface area contributed by atoms with Crippen LogP contribution < -0.4 is 5.32 Å². The van der Waals surface area contributed by atoms with Crippen molar-refractivity contribution in [3.05, 3.63) is 42.2 Å². The molecule has 8 heteroatoms. The first-order chi connectivity index (χ1) is 11.1. The first-order valence-electron chi connectivity index (χ1n) is 7.85. The first-order valence-corrected chi connectivity index (χ1v) is 7.85. The Balaban J connectivity index is 0.00000156. The van der Waals surface area contributed by atoms with Gasteiger partial charge in [0.25, 0.3) is 0 Å². The summed E-state index contributed by atoms with van der Waals surface area (Å²) in [7, 11) is 0. The molecule has 0 spiro atoms. The van der Waals surface area contributed by atoms with Crippen LogP contribution in [0.5, 0.6) is 0 Å². The molecule has 0 radical (unpaired) electrons. The highest BCUT2D eigenvalue weighted by Crippen LogP contribution is 2.23. The van der Waals surface area contributed by atoms with Crippen molar-refractivity contribution in [2.24, 2.45) is 0 Å². The van der Waals surface area contributed by atoms with Crippen LogP contribution in [0.2, 0.25) is 0 Å². The Kier molecular flexibility index (Phi) is 8.35. The second-order valence-electron chi connectivity index (χ2n) is 5.74. The van der Waals surface area contributed by atoms with Crippen molar-refractivity contribution in [1.82, 2.24) is 15.2 Å². The summed E-state index contributed by atoms with van der Waals surface area (Å²) in [5.74, 6) is 0.603. The SMILES string of the molecule is CC1CNCCN1C(=O)CCc1ncc(-c2ccccc2F)o1.Cl.Cl. The maximum atomic E-state index is 13.7. The molecule has 2 heterocycles. The molecule has 1 aliphatic rings. The molecule has 0 saturated carbocycles. The number of aryl methyl sites for hydroxylation is 1. The molecule has 1 atom stereocenters. The Bertz CT molecular complexity index is 696. The second-order valence-corrected chi connectivity index (χ2v) is 5.74. The topological polar surface area (TPSA) is 58.4 Å². The van der Waals surface area contributed by atoms with Crippen LogP contribution >= 0.6 is 24.8 Å². The second kappa shape index (κ2) is 9.75. The lowest BCUT2D eigenvalue weighted by atomic mass is 10.2. The minimum Gasteiger partial charge on any atom is -0.441 e. The van der Waals surface area contributed by atoms with Gasteiger partial charge >= 0.3 is 0 Å². The molecule has 1 aromatic heterocycles. The number of rotatable bonds is 4. The maximum Gasteiger partial charge on any atom is 0.223 e. The van der Waals surface area contributed by atoms with Gasteiger partial charge in [-0.15, -0.1) is 24.8 Å². The zero-order chi connectivity index (χ0) is 16.2.